The number of thioether (sulfide) groups is 1. The molecule has 2 aromatic rings. The summed E-state index contributed by atoms with van der Waals surface area (Å²) >= 11 is 7.15. The van der Waals surface area contributed by atoms with Gasteiger partial charge in [0.25, 0.3) is 0 Å². The third-order valence-corrected chi connectivity index (χ3v) is 5.97. The molecule has 1 aliphatic rings. The van der Waals surface area contributed by atoms with Crippen LogP contribution in [0.15, 0.2) is 36.4 Å². The van der Waals surface area contributed by atoms with E-state index < -0.39 is 0 Å². The molecule has 0 radical (unpaired) electrons. The maximum atomic E-state index is 13.7. The van der Waals surface area contributed by atoms with Gasteiger partial charge in [-0.1, -0.05) is 35.9 Å². The summed E-state index contributed by atoms with van der Waals surface area (Å²) in [5, 5.41) is 3.42. The number of hydrogen-bond donors (Lipinski definition) is 1. The van der Waals surface area contributed by atoms with E-state index in [4.69, 9.17) is 11.6 Å². The minimum atomic E-state index is -0.326. The summed E-state index contributed by atoms with van der Waals surface area (Å²) in [6.07, 6.45) is 4.81. The van der Waals surface area contributed by atoms with Crippen molar-refractivity contribution in [3.8, 4) is 0 Å². The highest BCUT2D eigenvalue weighted by atomic mass is 35.5. The van der Waals surface area contributed by atoms with Crippen molar-refractivity contribution < 1.29 is 9.18 Å². The minimum Gasteiger partial charge on any atom is -0.349 e. The second-order valence-corrected chi connectivity index (χ2v) is 8.18. The summed E-state index contributed by atoms with van der Waals surface area (Å²) in [6.45, 7) is 2.01. The lowest BCUT2D eigenvalue weighted by molar-refractivity contribution is -0.119. The Balaban J connectivity index is 1.49. The summed E-state index contributed by atoms with van der Waals surface area (Å²) in [5.74, 6) is 0.392. The van der Waals surface area contributed by atoms with Crippen molar-refractivity contribution in [1.82, 2.24) is 5.32 Å². The normalized spacial score (nSPS) is 14.6. The van der Waals surface area contributed by atoms with E-state index in [1.54, 1.807) is 12.1 Å². The van der Waals surface area contributed by atoms with Crippen LogP contribution in [-0.2, 0) is 23.4 Å². The number of benzene rings is 2. The molecule has 1 aliphatic carbocycles. The zero-order valence-electron chi connectivity index (χ0n) is 14.9. The van der Waals surface area contributed by atoms with Crippen LogP contribution in [0.5, 0.6) is 0 Å². The van der Waals surface area contributed by atoms with E-state index in [0.29, 0.717) is 22.1 Å². The number of carbonyl (C=O) groups is 1. The average molecular weight is 392 g/mol. The van der Waals surface area contributed by atoms with E-state index in [-0.39, 0.29) is 17.8 Å². The van der Waals surface area contributed by atoms with Gasteiger partial charge >= 0.3 is 0 Å². The fourth-order valence-electron chi connectivity index (χ4n) is 3.28. The van der Waals surface area contributed by atoms with Gasteiger partial charge in [0.2, 0.25) is 5.91 Å². The maximum absolute atomic E-state index is 13.7. The predicted octanol–water partition coefficient (Wildman–Crippen LogP) is 5.47. The van der Waals surface area contributed by atoms with E-state index >= 15 is 0 Å². The van der Waals surface area contributed by atoms with Crippen LogP contribution in [0.3, 0.4) is 0 Å². The molecule has 0 fully saturated rings. The fourth-order valence-corrected chi connectivity index (χ4v) is 4.27. The van der Waals surface area contributed by atoms with Crippen LogP contribution in [0.1, 0.15) is 48.1 Å². The van der Waals surface area contributed by atoms with Gasteiger partial charge in [0.15, 0.2) is 0 Å². The quantitative estimate of drug-likeness (QED) is 0.707. The number of fused-ring (bicyclic) bond motifs is 1. The smallest absolute Gasteiger partial charge is 0.230 e. The van der Waals surface area contributed by atoms with Gasteiger partial charge in [-0.15, -0.1) is 11.8 Å². The first kappa shape index (κ1) is 19.2. The highest BCUT2D eigenvalue weighted by Crippen LogP contribution is 2.25. The molecule has 1 atom stereocenters. The molecule has 0 aromatic heterocycles. The number of hydrogen-bond acceptors (Lipinski definition) is 2. The Morgan fingerprint density at radius 2 is 1.96 bits per heavy atom. The molecule has 0 heterocycles. The molecular formula is C21H23ClFNOS. The maximum Gasteiger partial charge on any atom is 0.230 e. The molecule has 5 heteroatoms. The summed E-state index contributed by atoms with van der Waals surface area (Å²) < 4.78 is 13.7. The van der Waals surface area contributed by atoms with Crippen LogP contribution in [0.25, 0.3) is 0 Å². The Labute approximate surface area is 163 Å². The average Bonchev–Trinajstić information content (AvgIpc) is 2.63. The minimum absolute atomic E-state index is 0.0254. The van der Waals surface area contributed by atoms with Crippen molar-refractivity contribution in [2.24, 2.45) is 0 Å². The molecule has 2 nitrogen and oxygen atoms in total. The van der Waals surface area contributed by atoms with Crippen LogP contribution in [0.2, 0.25) is 5.02 Å². The number of amides is 1. The SMILES string of the molecule is C[C@H](NC(=O)CSCc1ccc(Cl)cc1F)c1ccc2c(c1)CCCC2. The van der Waals surface area contributed by atoms with Crippen molar-refractivity contribution in [3.63, 3.8) is 0 Å². The van der Waals surface area contributed by atoms with Gasteiger partial charge in [0.05, 0.1) is 11.8 Å². The van der Waals surface area contributed by atoms with Crippen LogP contribution >= 0.6 is 23.4 Å². The molecule has 138 valence electrons. The van der Waals surface area contributed by atoms with Gasteiger partial charge in [-0.3, -0.25) is 4.79 Å². The number of halogens is 2. The number of rotatable bonds is 6. The third-order valence-electron chi connectivity index (χ3n) is 4.76. The van der Waals surface area contributed by atoms with Gasteiger partial charge < -0.3 is 5.32 Å². The Morgan fingerprint density at radius 1 is 1.19 bits per heavy atom. The molecule has 0 saturated carbocycles. The number of nitrogens with one attached hydrogen (secondary N) is 1. The standard InChI is InChI=1S/C21H23ClFNOS/c1-14(16-7-6-15-4-2-3-5-17(15)10-16)24-21(25)13-26-12-18-8-9-19(22)11-20(18)23/h6-11,14H,2-5,12-13H2,1H3,(H,24,25)/t14-/m0/s1. The Kier molecular flexibility index (Phi) is 6.60. The largest absolute Gasteiger partial charge is 0.349 e. The van der Waals surface area contributed by atoms with Crippen LogP contribution < -0.4 is 5.32 Å². The Hall–Kier alpha value is -1.52. The van der Waals surface area contributed by atoms with Gasteiger partial charge in [-0.05, 0) is 67.0 Å². The monoisotopic (exact) mass is 391 g/mol. The van der Waals surface area contributed by atoms with E-state index in [0.717, 1.165) is 18.4 Å². The second-order valence-electron chi connectivity index (χ2n) is 6.75. The highest BCUT2D eigenvalue weighted by molar-refractivity contribution is 7.99. The van der Waals surface area contributed by atoms with Crippen LogP contribution in [0, 0.1) is 5.82 Å². The molecule has 26 heavy (non-hydrogen) atoms. The second kappa shape index (κ2) is 8.92. The summed E-state index contributed by atoms with van der Waals surface area (Å²) in [4.78, 5) is 12.2. The molecule has 2 aromatic carbocycles. The molecule has 0 saturated heterocycles. The molecule has 3 rings (SSSR count). The van der Waals surface area contributed by atoms with E-state index in [2.05, 4.69) is 23.5 Å². The van der Waals surface area contributed by atoms with Gasteiger partial charge in [0, 0.05) is 10.8 Å². The lowest BCUT2D eigenvalue weighted by Crippen LogP contribution is -2.28. The molecule has 0 spiro atoms. The van der Waals surface area contributed by atoms with E-state index in [1.807, 2.05) is 6.92 Å². The Morgan fingerprint density at radius 3 is 2.73 bits per heavy atom. The third kappa shape index (κ3) is 5.01. The van der Waals surface area contributed by atoms with E-state index in [9.17, 15) is 9.18 Å². The zero-order valence-corrected chi connectivity index (χ0v) is 16.4. The zero-order chi connectivity index (χ0) is 18.5. The summed E-state index contributed by atoms with van der Waals surface area (Å²) in [7, 11) is 0. The van der Waals surface area contributed by atoms with Crippen molar-refractivity contribution in [2.75, 3.05) is 5.75 Å². The van der Waals surface area contributed by atoms with Crippen LogP contribution in [-0.4, -0.2) is 11.7 Å². The molecular weight excluding hydrogens is 369 g/mol. The topological polar surface area (TPSA) is 29.1 Å². The van der Waals surface area contributed by atoms with E-state index in [1.165, 1.54) is 41.8 Å². The lowest BCUT2D eigenvalue weighted by Gasteiger charge is -2.20. The molecule has 0 aliphatic heterocycles. The number of aryl methyl sites for hydroxylation is 2. The summed E-state index contributed by atoms with van der Waals surface area (Å²) in [5.41, 5.74) is 4.57. The first-order valence-electron chi connectivity index (χ1n) is 8.95. The van der Waals surface area contributed by atoms with Crippen molar-refractivity contribution in [2.45, 2.75) is 44.4 Å². The van der Waals surface area contributed by atoms with Gasteiger partial charge in [-0.25, -0.2) is 4.39 Å². The van der Waals surface area contributed by atoms with Gasteiger partial charge in [-0.2, -0.15) is 0 Å². The summed E-state index contributed by atoms with van der Waals surface area (Å²) in [6, 6.07) is 11.2. The highest BCUT2D eigenvalue weighted by Gasteiger charge is 2.14. The van der Waals surface area contributed by atoms with Crippen molar-refractivity contribution in [3.05, 3.63) is 69.5 Å². The molecule has 0 bridgehead atoms. The first-order valence-corrected chi connectivity index (χ1v) is 10.5. The lowest BCUT2D eigenvalue weighted by atomic mass is 9.89. The predicted molar refractivity (Wildman–Crippen MR) is 107 cm³/mol. The van der Waals surface area contributed by atoms with Crippen LogP contribution in [0.4, 0.5) is 4.39 Å². The molecule has 0 unspecified atom stereocenters. The van der Waals surface area contributed by atoms with Gasteiger partial charge in [0.1, 0.15) is 5.82 Å². The van der Waals surface area contributed by atoms with Crippen molar-refractivity contribution >= 4 is 29.3 Å². The first-order chi connectivity index (χ1) is 12.5. The van der Waals surface area contributed by atoms with Crippen molar-refractivity contribution in [1.29, 1.82) is 0 Å². The molecule has 1 N–H and O–H groups in total. The molecule has 1 amide bonds. The Bertz CT molecular complexity index is 796. The fraction of sp³-hybridized carbons (Fsp3) is 0.381. The number of carbonyl (C=O) groups excluding carboxylic acids is 1.